The van der Waals surface area contributed by atoms with Crippen LogP contribution in [-0.2, 0) is 11.3 Å². The quantitative estimate of drug-likeness (QED) is 0.858. The fraction of sp³-hybridized carbons (Fsp3) is 0.389. The Morgan fingerprint density at radius 2 is 2.08 bits per heavy atom. The van der Waals surface area contributed by atoms with E-state index in [1.165, 1.54) is 17.7 Å². The van der Waals surface area contributed by atoms with E-state index in [9.17, 15) is 9.18 Å². The third-order valence-corrected chi connectivity index (χ3v) is 5.48. The number of carbonyl (C=O) groups is 1. The Bertz CT molecular complexity index is 717. The number of rotatable bonds is 5. The molecular weight excluding hydrogens is 361 g/mol. The van der Waals surface area contributed by atoms with Crippen LogP contribution in [0, 0.1) is 5.82 Å². The van der Waals surface area contributed by atoms with Crippen molar-refractivity contribution in [3.05, 3.63) is 51.4 Å². The van der Waals surface area contributed by atoms with Crippen molar-refractivity contribution in [3.63, 3.8) is 0 Å². The second-order valence-electron chi connectivity index (χ2n) is 6.23. The van der Waals surface area contributed by atoms with E-state index < -0.39 is 5.82 Å². The maximum atomic E-state index is 13.8. The Labute approximate surface area is 156 Å². The minimum absolute atomic E-state index is 0.164. The molecule has 1 amide bonds. The number of nitrogens with one attached hydrogen (secondary N) is 1. The molecule has 1 aliphatic rings. The molecule has 25 heavy (non-hydrogen) atoms. The van der Waals surface area contributed by atoms with Crippen molar-refractivity contribution < 1.29 is 9.18 Å². The Hall–Kier alpha value is -1.47. The summed E-state index contributed by atoms with van der Waals surface area (Å²) >= 11 is 7.45. The van der Waals surface area contributed by atoms with Gasteiger partial charge in [0.1, 0.15) is 5.82 Å². The third-order valence-electron chi connectivity index (χ3n) is 4.51. The Morgan fingerprint density at radius 3 is 2.72 bits per heavy atom. The molecule has 7 heteroatoms. The second kappa shape index (κ2) is 8.27. The zero-order valence-electron chi connectivity index (χ0n) is 14.0. The van der Waals surface area contributed by atoms with Gasteiger partial charge in [0.2, 0.25) is 5.91 Å². The molecule has 1 aliphatic heterocycles. The van der Waals surface area contributed by atoms with Gasteiger partial charge in [-0.3, -0.25) is 14.6 Å². The molecule has 0 unspecified atom stereocenters. The number of hydrogen-bond acceptors (Lipinski definition) is 4. The molecular formula is C18H21ClFN3OS. The fourth-order valence-electron chi connectivity index (χ4n) is 2.94. The molecule has 0 saturated carbocycles. The summed E-state index contributed by atoms with van der Waals surface area (Å²) < 4.78 is 13.8. The fourth-order valence-corrected chi connectivity index (χ4v) is 3.76. The molecule has 0 aliphatic carbocycles. The minimum Gasteiger partial charge on any atom is -0.322 e. The molecule has 3 rings (SSSR count). The SMILES string of the molecule is C[C@H](C(=O)Nc1ccc(Cl)cc1F)N1CCN(Cc2ccsc2)CC1. The Balaban J connectivity index is 1.51. The highest BCUT2D eigenvalue weighted by Gasteiger charge is 2.26. The number of piperazine rings is 1. The third kappa shape index (κ3) is 4.79. The second-order valence-corrected chi connectivity index (χ2v) is 7.45. The number of anilines is 1. The highest BCUT2D eigenvalue weighted by atomic mass is 35.5. The lowest BCUT2D eigenvalue weighted by Gasteiger charge is -2.37. The number of carbonyl (C=O) groups excluding carboxylic acids is 1. The molecule has 2 aromatic rings. The van der Waals surface area contributed by atoms with Gasteiger partial charge >= 0.3 is 0 Å². The van der Waals surface area contributed by atoms with E-state index in [0.717, 1.165) is 32.7 Å². The molecule has 2 heterocycles. The molecule has 1 atom stereocenters. The minimum atomic E-state index is -0.520. The summed E-state index contributed by atoms with van der Waals surface area (Å²) in [4.78, 5) is 16.9. The number of amides is 1. The molecule has 1 N–H and O–H groups in total. The molecule has 0 spiro atoms. The van der Waals surface area contributed by atoms with Gasteiger partial charge in [-0.15, -0.1) is 0 Å². The van der Waals surface area contributed by atoms with Crippen molar-refractivity contribution in [2.75, 3.05) is 31.5 Å². The first-order valence-corrected chi connectivity index (χ1v) is 9.58. The van der Waals surface area contributed by atoms with Crippen LogP contribution >= 0.6 is 22.9 Å². The first-order valence-electron chi connectivity index (χ1n) is 8.26. The van der Waals surface area contributed by atoms with Crippen LogP contribution in [0.2, 0.25) is 5.02 Å². The number of thiophene rings is 1. The lowest BCUT2D eigenvalue weighted by atomic mass is 10.2. The van der Waals surface area contributed by atoms with Gasteiger partial charge < -0.3 is 5.32 Å². The van der Waals surface area contributed by atoms with Gasteiger partial charge in [-0.25, -0.2) is 4.39 Å². The van der Waals surface area contributed by atoms with E-state index in [0.29, 0.717) is 5.02 Å². The summed E-state index contributed by atoms with van der Waals surface area (Å²) in [7, 11) is 0. The normalized spacial score (nSPS) is 17.4. The van der Waals surface area contributed by atoms with Gasteiger partial charge in [-0.1, -0.05) is 11.6 Å². The van der Waals surface area contributed by atoms with Crippen molar-refractivity contribution in [1.82, 2.24) is 9.80 Å². The van der Waals surface area contributed by atoms with Crippen molar-refractivity contribution in [2.24, 2.45) is 0 Å². The molecule has 134 valence electrons. The lowest BCUT2D eigenvalue weighted by Crippen LogP contribution is -2.52. The topological polar surface area (TPSA) is 35.6 Å². The van der Waals surface area contributed by atoms with Crippen molar-refractivity contribution in [1.29, 1.82) is 0 Å². The largest absolute Gasteiger partial charge is 0.322 e. The van der Waals surface area contributed by atoms with Gasteiger partial charge in [0.15, 0.2) is 0 Å². The summed E-state index contributed by atoms with van der Waals surface area (Å²) in [5.41, 5.74) is 1.50. The first kappa shape index (κ1) is 18.3. The predicted octanol–water partition coefficient (Wildman–Crippen LogP) is 3.69. The highest BCUT2D eigenvalue weighted by Crippen LogP contribution is 2.20. The zero-order chi connectivity index (χ0) is 17.8. The average Bonchev–Trinajstić information content (AvgIpc) is 3.10. The van der Waals surface area contributed by atoms with Crippen LogP contribution in [0.4, 0.5) is 10.1 Å². The van der Waals surface area contributed by atoms with Gasteiger partial charge in [0.05, 0.1) is 11.7 Å². The van der Waals surface area contributed by atoms with Crippen LogP contribution in [-0.4, -0.2) is 47.9 Å². The van der Waals surface area contributed by atoms with Crippen LogP contribution in [0.15, 0.2) is 35.0 Å². The molecule has 1 aromatic carbocycles. The van der Waals surface area contributed by atoms with E-state index in [-0.39, 0.29) is 17.6 Å². The standard InChI is InChI=1S/C18H21ClFN3OS/c1-13(18(24)21-17-3-2-15(19)10-16(17)20)23-7-5-22(6-8-23)11-14-4-9-25-12-14/h2-4,9-10,12-13H,5-8,11H2,1H3,(H,21,24)/t13-/m1/s1. The van der Waals surface area contributed by atoms with E-state index in [2.05, 4.69) is 31.9 Å². The van der Waals surface area contributed by atoms with E-state index in [1.807, 2.05) is 6.92 Å². The average molecular weight is 382 g/mol. The summed E-state index contributed by atoms with van der Waals surface area (Å²) in [5, 5.41) is 7.23. The van der Waals surface area contributed by atoms with Gasteiger partial charge in [-0.05, 0) is 47.5 Å². The molecule has 0 radical (unpaired) electrons. The van der Waals surface area contributed by atoms with Crippen LogP contribution in [0.5, 0.6) is 0 Å². The molecule has 0 bridgehead atoms. The number of nitrogens with zero attached hydrogens (tertiary/aromatic N) is 2. The predicted molar refractivity (Wildman–Crippen MR) is 101 cm³/mol. The molecule has 1 aromatic heterocycles. The van der Waals surface area contributed by atoms with E-state index in [1.54, 1.807) is 17.4 Å². The number of hydrogen-bond donors (Lipinski definition) is 1. The first-order chi connectivity index (χ1) is 12.0. The monoisotopic (exact) mass is 381 g/mol. The zero-order valence-corrected chi connectivity index (χ0v) is 15.6. The lowest BCUT2D eigenvalue weighted by molar-refractivity contribution is -0.121. The van der Waals surface area contributed by atoms with Crippen molar-refractivity contribution >= 4 is 34.5 Å². The highest BCUT2D eigenvalue weighted by molar-refractivity contribution is 7.07. The maximum Gasteiger partial charge on any atom is 0.241 e. The number of halogens is 2. The van der Waals surface area contributed by atoms with Crippen LogP contribution in [0.25, 0.3) is 0 Å². The molecule has 1 fully saturated rings. The Morgan fingerprint density at radius 1 is 1.32 bits per heavy atom. The van der Waals surface area contributed by atoms with E-state index in [4.69, 9.17) is 11.6 Å². The van der Waals surface area contributed by atoms with Gasteiger partial charge in [0, 0.05) is 37.7 Å². The van der Waals surface area contributed by atoms with E-state index >= 15 is 0 Å². The maximum absolute atomic E-state index is 13.8. The van der Waals surface area contributed by atoms with Crippen molar-refractivity contribution in [2.45, 2.75) is 19.5 Å². The van der Waals surface area contributed by atoms with Crippen LogP contribution in [0.3, 0.4) is 0 Å². The van der Waals surface area contributed by atoms with Crippen LogP contribution in [0.1, 0.15) is 12.5 Å². The summed E-state index contributed by atoms with van der Waals surface area (Å²) in [6.07, 6.45) is 0. The summed E-state index contributed by atoms with van der Waals surface area (Å²) in [6, 6.07) is 6.09. The summed E-state index contributed by atoms with van der Waals surface area (Å²) in [6.45, 7) is 6.29. The molecule has 4 nitrogen and oxygen atoms in total. The van der Waals surface area contributed by atoms with Crippen molar-refractivity contribution in [3.8, 4) is 0 Å². The Kier molecular flexibility index (Phi) is 6.06. The van der Waals surface area contributed by atoms with Gasteiger partial charge in [-0.2, -0.15) is 11.3 Å². The van der Waals surface area contributed by atoms with Crippen LogP contribution < -0.4 is 5.32 Å². The summed E-state index contributed by atoms with van der Waals surface area (Å²) in [5.74, 6) is -0.721. The van der Waals surface area contributed by atoms with Gasteiger partial charge in [0.25, 0.3) is 0 Å². The smallest absolute Gasteiger partial charge is 0.241 e. The number of benzene rings is 1. The molecule has 1 saturated heterocycles.